The number of nitrogens with zero attached hydrogens (tertiary/aromatic N) is 2. The van der Waals surface area contributed by atoms with Crippen molar-refractivity contribution in [1.82, 2.24) is 9.88 Å². The fourth-order valence-corrected chi connectivity index (χ4v) is 2.75. The van der Waals surface area contributed by atoms with Crippen LogP contribution in [0.25, 0.3) is 0 Å². The van der Waals surface area contributed by atoms with Gasteiger partial charge in [-0.3, -0.25) is 4.79 Å². The summed E-state index contributed by atoms with van der Waals surface area (Å²) < 4.78 is 0. The molecule has 1 amide bonds. The van der Waals surface area contributed by atoms with Gasteiger partial charge in [-0.05, 0) is 37.8 Å². The number of halogens is 1. The van der Waals surface area contributed by atoms with Crippen molar-refractivity contribution < 1.29 is 9.90 Å². The number of aliphatic hydroxyl groups excluding tert-OH is 1. The summed E-state index contributed by atoms with van der Waals surface area (Å²) in [7, 11) is 0. The Morgan fingerprint density at radius 1 is 1.58 bits per heavy atom. The molecule has 1 aliphatic heterocycles. The maximum absolute atomic E-state index is 12.4. The van der Waals surface area contributed by atoms with Gasteiger partial charge in [-0.2, -0.15) is 0 Å². The van der Waals surface area contributed by atoms with Crippen molar-refractivity contribution in [2.24, 2.45) is 0 Å². The Labute approximate surface area is 117 Å². The Morgan fingerprint density at radius 2 is 2.37 bits per heavy atom. The predicted octanol–water partition coefficient (Wildman–Crippen LogP) is 1.69. The highest BCUT2D eigenvalue weighted by Crippen LogP contribution is 2.24. The van der Waals surface area contributed by atoms with Gasteiger partial charge >= 0.3 is 0 Å². The van der Waals surface area contributed by atoms with E-state index in [-0.39, 0.29) is 29.5 Å². The topological polar surface area (TPSA) is 79.5 Å². The van der Waals surface area contributed by atoms with E-state index in [1.54, 1.807) is 12.1 Å². The lowest BCUT2D eigenvalue weighted by molar-refractivity contribution is 0.0724. The Bertz CT molecular complexity index is 447. The Morgan fingerprint density at radius 3 is 3.05 bits per heavy atom. The molecule has 1 unspecified atom stereocenters. The van der Waals surface area contributed by atoms with Crippen LogP contribution in [0.2, 0.25) is 5.15 Å². The molecule has 1 aromatic rings. The minimum atomic E-state index is -0.0589. The van der Waals surface area contributed by atoms with E-state index in [1.807, 2.05) is 4.90 Å². The zero-order valence-corrected chi connectivity index (χ0v) is 11.4. The fourth-order valence-electron chi connectivity index (χ4n) is 2.54. The van der Waals surface area contributed by atoms with Crippen LogP contribution in [-0.4, -0.2) is 40.1 Å². The lowest BCUT2D eigenvalue weighted by Crippen LogP contribution is -2.35. The second-order valence-corrected chi connectivity index (χ2v) is 5.15. The summed E-state index contributed by atoms with van der Waals surface area (Å²) in [6.07, 6.45) is 3.53. The highest BCUT2D eigenvalue weighted by atomic mass is 35.5. The number of aromatic nitrogens is 1. The van der Waals surface area contributed by atoms with Gasteiger partial charge in [0.05, 0.1) is 0 Å². The minimum Gasteiger partial charge on any atom is -0.396 e. The van der Waals surface area contributed by atoms with Crippen LogP contribution in [0.3, 0.4) is 0 Å². The first-order valence-electron chi connectivity index (χ1n) is 6.46. The van der Waals surface area contributed by atoms with E-state index in [9.17, 15) is 4.79 Å². The van der Waals surface area contributed by atoms with Gasteiger partial charge in [-0.25, -0.2) is 4.98 Å². The molecule has 1 aromatic heterocycles. The van der Waals surface area contributed by atoms with E-state index < -0.39 is 0 Å². The van der Waals surface area contributed by atoms with E-state index in [2.05, 4.69) is 4.98 Å². The number of carbonyl (C=O) groups excluding carboxylic acids is 1. The summed E-state index contributed by atoms with van der Waals surface area (Å²) >= 11 is 5.83. The van der Waals surface area contributed by atoms with Crippen LogP contribution < -0.4 is 5.73 Å². The molecule has 104 valence electrons. The van der Waals surface area contributed by atoms with E-state index in [0.29, 0.717) is 12.0 Å². The summed E-state index contributed by atoms with van der Waals surface area (Å²) in [6, 6.07) is 3.30. The quantitative estimate of drug-likeness (QED) is 0.824. The molecule has 2 rings (SSSR count). The number of carbonyl (C=O) groups is 1. The number of likely N-dealkylation sites (tertiary alicyclic amines) is 1. The van der Waals surface area contributed by atoms with Crippen LogP contribution in [0.1, 0.15) is 36.0 Å². The van der Waals surface area contributed by atoms with Gasteiger partial charge in [0.25, 0.3) is 5.91 Å². The average Bonchev–Trinajstić information content (AvgIpc) is 2.82. The predicted molar refractivity (Wildman–Crippen MR) is 74.0 cm³/mol. The number of amides is 1. The maximum Gasteiger partial charge on any atom is 0.254 e. The van der Waals surface area contributed by atoms with Crippen LogP contribution in [-0.2, 0) is 0 Å². The van der Waals surface area contributed by atoms with E-state index in [0.717, 1.165) is 25.8 Å². The van der Waals surface area contributed by atoms with Crippen molar-refractivity contribution in [2.75, 3.05) is 18.9 Å². The molecule has 0 aliphatic carbocycles. The van der Waals surface area contributed by atoms with Gasteiger partial charge in [-0.15, -0.1) is 0 Å². The van der Waals surface area contributed by atoms with Crippen molar-refractivity contribution in [3.8, 4) is 0 Å². The molecule has 1 fully saturated rings. The van der Waals surface area contributed by atoms with Crippen LogP contribution >= 0.6 is 11.6 Å². The summed E-state index contributed by atoms with van der Waals surface area (Å²) in [6.45, 7) is 0.904. The highest BCUT2D eigenvalue weighted by molar-refractivity contribution is 6.29. The van der Waals surface area contributed by atoms with Gasteiger partial charge < -0.3 is 15.7 Å². The third-order valence-electron chi connectivity index (χ3n) is 3.39. The van der Waals surface area contributed by atoms with Gasteiger partial charge in [0.2, 0.25) is 0 Å². The first-order valence-corrected chi connectivity index (χ1v) is 6.84. The number of nitrogen functional groups attached to an aromatic ring is 1. The zero-order chi connectivity index (χ0) is 13.8. The van der Waals surface area contributed by atoms with Crippen molar-refractivity contribution in [3.63, 3.8) is 0 Å². The van der Waals surface area contributed by atoms with E-state index in [1.165, 1.54) is 0 Å². The molecule has 0 saturated carbocycles. The zero-order valence-electron chi connectivity index (χ0n) is 10.7. The van der Waals surface area contributed by atoms with Gasteiger partial charge in [0.15, 0.2) is 0 Å². The SMILES string of the molecule is Nc1cc(C(=O)N2CCCC2CCCO)cc(Cl)n1. The number of pyridine rings is 1. The van der Waals surface area contributed by atoms with Crippen molar-refractivity contribution in [3.05, 3.63) is 22.8 Å². The normalized spacial score (nSPS) is 18.8. The molecule has 2 heterocycles. The summed E-state index contributed by atoms with van der Waals surface area (Å²) in [4.78, 5) is 18.1. The van der Waals surface area contributed by atoms with E-state index >= 15 is 0 Å². The van der Waals surface area contributed by atoms with Crippen LogP contribution in [0.15, 0.2) is 12.1 Å². The van der Waals surface area contributed by atoms with E-state index in [4.69, 9.17) is 22.4 Å². The molecule has 6 heteroatoms. The van der Waals surface area contributed by atoms with Gasteiger partial charge in [-0.1, -0.05) is 11.6 Å². The largest absolute Gasteiger partial charge is 0.396 e. The average molecular weight is 284 g/mol. The first kappa shape index (κ1) is 14.1. The van der Waals surface area contributed by atoms with Crippen molar-refractivity contribution in [1.29, 1.82) is 0 Å². The number of hydrogen-bond acceptors (Lipinski definition) is 4. The molecule has 19 heavy (non-hydrogen) atoms. The van der Waals surface area contributed by atoms with Gasteiger partial charge in [0.1, 0.15) is 11.0 Å². The van der Waals surface area contributed by atoms with Gasteiger partial charge in [0, 0.05) is 24.8 Å². The lowest BCUT2D eigenvalue weighted by Gasteiger charge is -2.24. The second-order valence-electron chi connectivity index (χ2n) is 4.76. The Kier molecular flexibility index (Phi) is 4.61. The fraction of sp³-hybridized carbons (Fsp3) is 0.538. The first-order chi connectivity index (χ1) is 9.11. The molecular formula is C13H18ClN3O2. The van der Waals surface area contributed by atoms with Crippen LogP contribution in [0.4, 0.5) is 5.82 Å². The number of aliphatic hydroxyl groups is 1. The summed E-state index contributed by atoms with van der Waals surface area (Å²) in [5.74, 6) is 0.193. The molecule has 3 N–H and O–H groups in total. The molecule has 0 bridgehead atoms. The van der Waals surface area contributed by atoms with Crippen molar-refractivity contribution in [2.45, 2.75) is 31.7 Å². The molecule has 0 radical (unpaired) electrons. The maximum atomic E-state index is 12.4. The summed E-state index contributed by atoms with van der Waals surface area (Å²) in [5.41, 5.74) is 6.09. The molecular weight excluding hydrogens is 266 g/mol. The Hall–Kier alpha value is -1.33. The number of rotatable bonds is 4. The summed E-state index contributed by atoms with van der Waals surface area (Å²) in [5, 5.41) is 9.13. The molecule has 1 atom stereocenters. The number of hydrogen-bond donors (Lipinski definition) is 2. The Balaban J connectivity index is 2.13. The molecule has 1 aliphatic rings. The molecule has 1 saturated heterocycles. The molecule has 0 spiro atoms. The smallest absolute Gasteiger partial charge is 0.254 e. The molecule has 5 nitrogen and oxygen atoms in total. The monoisotopic (exact) mass is 283 g/mol. The lowest BCUT2D eigenvalue weighted by atomic mass is 10.1. The van der Waals surface area contributed by atoms with Crippen molar-refractivity contribution >= 4 is 23.3 Å². The second kappa shape index (κ2) is 6.21. The van der Waals surface area contributed by atoms with Crippen LogP contribution in [0.5, 0.6) is 0 Å². The highest BCUT2D eigenvalue weighted by Gasteiger charge is 2.29. The molecule has 0 aromatic carbocycles. The van der Waals surface area contributed by atoms with Crippen LogP contribution in [0, 0.1) is 0 Å². The third kappa shape index (κ3) is 3.36. The number of anilines is 1. The number of nitrogens with two attached hydrogens (primary N) is 1. The standard InChI is InChI=1S/C13H18ClN3O2/c14-11-7-9(8-12(15)16-11)13(19)17-5-1-3-10(17)4-2-6-18/h7-8,10,18H,1-6H2,(H2,15,16). The minimum absolute atomic E-state index is 0.0589. The third-order valence-corrected chi connectivity index (χ3v) is 3.59.